The molecule has 6 saturated heterocycles. The van der Waals surface area contributed by atoms with Crippen molar-refractivity contribution >= 4 is 75.2 Å². The minimum Gasteiger partial charge on any atom is -0.453 e. The molecule has 0 aliphatic carbocycles. The fourth-order valence-electron chi connectivity index (χ4n) is 15.5. The Kier molecular flexibility index (Phi) is 18.6. The fourth-order valence-corrected chi connectivity index (χ4v) is 15.5. The largest absolute Gasteiger partial charge is 0.453 e. The second kappa shape index (κ2) is 27.4. The average Bonchev–Trinajstić information content (AvgIpc) is 1.67. The predicted molar refractivity (Wildman–Crippen MR) is 365 cm³/mol. The maximum Gasteiger partial charge on any atom is 0.410 e. The molecule has 14 rings (SSSR count). The number of hydrogen-bond donors (Lipinski definition) is 3. The standard InChI is InChI=1S/C40H47N5O5.C35H39N5O3/c1-40(2,3)50-39(48)44-20-6-9-35(44)33-21-29(23-41-33)27-14-10-25(11-15-27)26-12-16-28(17-13-26)30-22-34(42-24-30)36-19-18-31-7-5-8-32(37(46)45(31)36)43-38(47)49-4;1-43-35(42)39-30-5-2-4-28-15-16-33(40(28)34(30)41)32-19-27(21-38-32)25-13-9-23(10-14-25)22-7-11-24(12-8-22)26-18-31(37-20-26)29-6-3-17-36-29/h10-17,23-24,31-32,35-36H,5-9,18-22H2,1-4H3,(H,43,47);7-14,20-21,28-30,33,36H,2-6,15-19H2,1H3,(H,39,42)/t31-,32+,35+,36+;28-,29+,30+,33+/m11/s1. The molecule has 93 heavy (non-hydrogen) atoms. The van der Waals surface area contributed by atoms with Crippen molar-refractivity contribution in [3.05, 3.63) is 144 Å². The Morgan fingerprint density at radius 1 is 0.452 bits per heavy atom. The zero-order valence-electron chi connectivity index (χ0n) is 54.2. The van der Waals surface area contributed by atoms with Crippen molar-refractivity contribution in [1.82, 2.24) is 30.7 Å². The highest BCUT2D eigenvalue weighted by atomic mass is 16.6. The first-order valence-corrected chi connectivity index (χ1v) is 33.7. The molecular formula is C75H86N10O8. The van der Waals surface area contributed by atoms with E-state index >= 15 is 0 Å². The van der Waals surface area contributed by atoms with Crippen molar-refractivity contribution < 1.29 is 38.2 Å². The first kappa shape index (κ1) is 63.0. The number of hydrogen-bond acceptors (Lipinski definition) is 13. The van der Waals surface area contributed by atoms with Gasteiger partial charge in [0.1, 0.15) is 17.7 Å². The van der Waals surface area contributed by atoms with Gasteiger partial charge in [0.15, 0.2) is 0 Å². The van der Waals surface area contributed by atoms with Crippen LogP contribution in [-0.4, -0.2) is 149 Å². The summed E-state index contributed by atoms with van der Waals surface area (Å²) < 4.78 is 15.2. The Balaban J connectivity index is 0.000000171. The van der Waals surface area contributed by atoms with Gasteiger partial charge in [0, 0.05) is 98.0 Å². The molecule has 8 atom stereocenters. The lowest BCUT2D eigenvalue weighted by atomic mass is 9.95. The Bertz CT molecular complexity index is 3770. The minimum atomic E-state index is -0.567. The van der Waals surface area contributed by atoms with Crippen LogP contribution in [0, 0.1) is 0 Å². The van der Waals surface area contributed by atoms with Gasteiger partial charge in [-0.05, 0) is 184 Å². The van der Waals surface area contributed by atoms with Crippen LogP contribution in [0.2, 0.25) is 0 Å². The van der Waals surface area contributed by atoms with E-state index in [1.54, 1.807) is 0 Å². The first-order chi connectivity index (χ1) is 45.1. The van der Waals surface area contributed by atoms with Gasteiger partial charge in [-0.3, -0.25) is 34.5 Å². The number of allylic oxidation sites excluding steroid dienone is 4. The van der Waals surface area contributed by atoms with Gasteiger partial charge in [-0.1, -0.05) is 97.1 Å². The maximum atomic E-state index is 13.6. The van der Waals surface area contributed by atoms with Crippen molar-refractivity contribution in [2.75, 3.05) is 27.3 Å². The molecule has 0 saturated carbocycles. The molecule has 0 radical (unpaired) electrons. The quantitative estimate of drug-likeness (QED) is 0.115. The number of alkyl carbamates (subject to hydrolysis) is 2. The van der Waals surface area contributed by atoms with Crippen molar-refractivity contribution in [2.45, 2.75) is 190 Å². The molecule has 3 N–H and O–H groups in total. The van der Waals surface area contributed by atoms with E-state index < -0.39 is 29.9 Å². The molecule has 0 unspecified atom stereocenters. The van der Waals surface area contributed by atoms with E-state index in [0.29, 0.717) is 31.8 Å². The first-order valence-electron chi connectivity index (χ1n) is 33.7. The molecule has 0 bridgehead atoms. The lowest BCUT2D eigenvalue weighted by Gasteiger charge is -2.31. The summed E-state index contributed by atoms with van der Waals surface area (Å²) in [4.78, 5) is 88.6. The number of likely N-dealkylation sites (tertiary alicyclic amines) is 1. The van der Waals surface area contributed by atoms with Crippen LogP contribution < -0.4 is 16.0 Å². The van der Waals surface area contributed by atoms with E-state index in [1.165, 1.54) is 60.6 Å². The number of methoxy groups -OCH3 is 2. The third kappa shape index (κ3) is 13.8. The zero-order chi connectivity index (χ0) is 64.3. The molecule has 10 aliphatic rings. The van der Waals surface area contributed by atoms with Gasteiger partial charge in [-0.15, -0.1) is 0 Å². The average molecular weight is 1260 g/mol. The molecule has 0 aromatic heterocycles. The fraction of sp³-hybridized carbons (Fsp3) is 0.453. The van der Waals surface area contributed by atoms with Gasteiger partial charge >= 0.3 is 18.3 Å². The predicted octanol–water partition coefficient (Wildman–Crippen LogP) is 13.1. The number of ether oxygens (including phenoxy) is 3. The third-order valence-electron chi connectivity index (χ3n) is 20.3. The molecule has 18 heteroatoms. The van der Waals surface area contributed by atoms with Crippen LogP contribution in [0.25, 0.3) is 44.5 Å². The monoisotopic (exact) mass is 1250 g/mol. The smallest absolute Gasteiger partial charge is 0.410 e. The molecule has 5 amide bonds. The van der Waals surface area contributed by atoms with Crippen molar-refractivity contribution in [3.8, 4) is 22.3 Å². The maximum absolute atomic E-state index is 13.6. The van der Waals surface area contributed by atoms with Gasteiger partial charge in [0.2, 0.25) is 11.8 Å². The summed E-state index contributed by atoms with van der Waals surface area (Å²) in [6.07, 6.45) is 22.6. The summed E-state index contributed by atoms with van der Waals surface area (Å²) in [5.41, 5.74) is 17.9. The minimum absolute atomic E-state index is 0.00932. The van der Waals surface area contributed by atoms with Crippen LogP contribution in [0.5, 0.6) is 0 Å². The van der Waals surface area contributed by atoms with Crippen molar-refractivity contribution in [1.29, 1.82) is 0 Å². The van der Waals surface area contributed by atoms with Crippen LogP contribution in [0.1, 0.15) is 159 Å². The van der Waals surface area contributed by atoms with E-state index in [0.717, 1.165) is 146 Å². The van der Waals surface area contributed by atoms with Gasteiger partial charge in [-0.2, -0.15) is 0 Å². The number of rotatable bonds is 12. The molecule has 4 aromatic rings. The number of fused-ring (bicyclic) bond motifs is 2. The molecule has 10 heterocycles. The molecule has 0 spiro atoms. The van der Waals surface area contributed by atoms with Crippen LogP contribution in [0.15, 0.2) is 142 Å². The number of benzene rings is 4. The van der Waals surface area contributed by atoms with E-state index in [1.807, 2.05) is 60.3 Å². The van der Waals surface area contributed by atoms with E-state index in [2.05, 4.69) is 113 Å². The van der Waals surface area contributed by atoms with E-state index in [4.69, 9.17) is 34.2 Å². The lowest BCUT2D eigenvalue weighted by Crippen LogP contribution is -2.52. The molecule has 484 valence electrons. The van der Waals surface area contributed by atoms with Crippen molar-refractivity contribution in [2.24, 2.45) is 20.0 Å². The van der Waals surface area contributed by atoms with Gasteiger partial charge in [0.05, 0.1) is 32.3 Å². The molecular weight excluding hydrogens is 1170 g/mol. The van der Waals surface area contributed by atoms with Gasteiger partial charge in [0.25, 0.3) is 0 Å². The van der Waals surface area contributed by atoms with E-state index in [9.17, 15) is 24.0 Å². The molecule has 4 aromatic carbocycles. The molecule has 10 aliphatic heterocycles. The Hall–Kier alpha value is -8.77. The normalized spacial score (nSPS) is 25.8. The number of amides is 5. The lowest BCUT2D eigenvalue weighted by molar-refractivity contribution is -0.135. The summed E-state index contributed by atoms with van der Waals surface area (Å²) in [6, 6.07) is 34.4. The second-order valence-corrected chi connectivity index (χ2v) is 27.3. The number of nitrogens with zero attached hydrogens (tertiary/aromatic N) is 7. The summed E-state index contributed by atoms with van der Waals surface area (Å²) >= 11 is 0. The number of carbonyl (C=O) groups is 5. The van der Waals surface area contributed by atoms with Crippen molar-refractivity contribution in [3.63, 3.8) is 0 Å². The highest BCUT2D eigenvalue weighted by Crippen LogP contribution is 2.40. The van der Waals surface area contributed by atoms with Crippen LogP contribution >= 0.6 is 0 Å². The summed E-state index contributed by atoms with van der Waals surface area (Å²) in [5, 5.41) is 9.05. The molecule has 18 nitrogen and oxygen atoms in total. The number of nitrogens with one attached hydrogen (secondary N) is 3. The van der Waals surface area contributed by atoms with E-state index in [-0.39, 0.29) is 48.1 Å². The molecule has 6 fully saturated rings. The highest BCUT2D eigenvalue weighted by Gasteiger charge is 2.46. The summed E-state index contributed by atoms with van der Waals surface area (Å²) in [7, 11) is 2.65. The van der Waals surface area contributed by atoms with Gasteiger partial charge < -0.3 is 40.0 Å². The van der Waals surface area contributed by atoms with Crippen LogP contribution in [0.4, 0.5) is 14.4 Å². The second-order valence-electron chi connectivity index (χ2n) is 27.3. The van der Waals surface area contributed by atoms with Crippen LogP contribution in [-0.2, 0) is 23.8 Å². The third-order valence-corrected chi connectivity index (χ3v) is 20.3. The zero-order valence-corrected chi connectivity index (χ0v) is 54.2. The van der Waals surface area contributed by atoms with Gasteiger partial charge in [-0.25, -0.2) is 14.4 Å². The number of carbonyl (C=O) groups excluding carboxylic acids is 5. The Labute approximate surface area is 545 Å². The Morgan fingerprint density at radius 3 is 1.20 bits per heavy atom. The summed E-state index contributed by atoms with van der Waals surface area (Å²) in [6.45, 7) is 7.49. The highest BCUT2D eigenvalue weighted by molar-refractivity contribution is 6.06. The topological polar surface area (TPSA) is 208 Å². The Morgan fingerprint density at radius 2 is 0.828 bits per heavy atom. The summed E-state index contributed by atoms with van der Waals surface area (Å²) in [5.74, 6) is -0.0345. The van der Waals surface area contributed by atoms with Crippen LogP contribution in [0.3, 0.4) is 0 Å². The SMILES string of the molecule is COC(=O)N[C@H]1CCC[C@@H]2CC[C@@H](C3=NC=C(c4ccc(-c5ccc(C6=CN=C([C@@H]7CCCN7)C6)cc5)cc4)C3)N2C1=O.COC(=O)N[C@H]1CCC[C@@H]2CC[C@@H](C3=NC=C(c4ccc(-c5ccc(C6=CN=C([C@@H]7CCCN7C(=O)OC(C)(C)C)C6)cc5)cc4)C3)N2C1=O. The number of aliphatic imine (C=N–C) groups is 4.